The van der Waals surface area contributed by atoms with E-state index < -0.39 is 0 Å². The van der Waals surface area contributed by atoms with Gasteiger partial charge in [0.2, 0.25) is 5.95 Å². The summed E-state index contributed by atoms with van der Waals surface area (Å²) in [5.41, 5.74) is 1.07. The van der Waals surface area contributed by atoms with Gasteiger partial charge in [-0.1, -0.05) is 13.8 Å². The lowest BCUT2D eigenvalue weighted by Crippen LogP contribution is -2.26. The van der Waals surface area contributed by atoms with Crippen molar-refractivity contribution in [3.05, 3.63) is 11.9 Å². The lowest BCUT2D eigenvalue weighted by Gasteiger charge is -2.20. The first-order chi connectivity index (χ1) is 8.56. The number of aromatic nitrogens is 2. The minimum Gasteiger partial charge on any atom is -0.353 e. The Labute approximate surface area is 111 Å². The van der Waals surface area contributed by atoms with E-state index in [1.807, 2.05) is 20.2 Å². The maximum atomic E-state index is 4.47. The van der Waals surface area contributed by atoms with Gasteiger partial charge in [-0.3, -0.25) is 0 Å². The minimum absolute atomic E-state index is 0.473. The van der Waals surface area contributed by atoms with E-state index in [1.54, 1.807) is 0 Å². The van der Waals surface area contributed by atoms with Gasteiger partial charge in [0.05, 0.1) is 5.69 Å². The summed E-state index contributed by atoms with van der Waals surface area (Å²) in [6.45, 7) is 12.2. The van der Waals surface area contributed by atoms with Crippen LogP contribution in [-0.4, -0.2) is 40.1 Å². The number of anilines is 1. The molecule has 0 bridgehead atoms. The van der Waals surface area contributed by atoms with Crippen LogP contribution in [0.25, 0.3) is 0 Å². The summed E-state index contributed by atoms with van der Waals surface area (Å²) in [6, 6.07) is 0.473. The zero-order chi connectivity index (χ0) is 13.5. The molecule has 0 amide bonds. The van der Waals surface area contributed by atoms with E-state index in [0.717, 1.165) is 24.7 Å². The average molecular weight is 252 g/mol. The second-order valence-corrected chi connectivity index (χ2v) is 5.03. The van der Waals surface area contributed by atoms with Gasteiger partial charge in [-0.15, -0.1) is 0 Å². The van der Waals surface area contributed by atoms with Crippen molar-refractivity contribution in [1.82, 2.24) is 14.5 Å². The normalized spacial score (nSPS) is 13.0. The Morgan fingerprint density at radius 1 is 1.39 bits per heavy atom. The van der Waals surface area contributed by atoms with Crippen molar-refractivity contribution < 1.29 is 0 Å². The molecule has 0 saturated carbocycles. The third kappa shape index (κ3) is 4.69. The Morgan fingerprint density at radius 3 is 2.56 bits per heavy atom. The van der Waals surface area contributed by atoms with E-state index in [1.165, 1.54) is 19.4 Å². The highest BCUT2D eigenvalue weighted by atomic mass is 15.2. The second-order valence-electron chi connectivity index (χ2n) is 5.03. The Bertz CT molecular complexity index is 342. The molecule has 1 N–H and O–H groups in total. The number of nitrogens with zero attached hydrogens (tertiary/aromatic N) is 3. The summed E-state index contributed by atoms with van der Waals surface area (Å²) >= 11 is 0. The molecule has 0 aromatic carbocycles. The highest BCUT2D eigenvalue weighted by molar-refractivity contribution is 5.29. The predicted molar refractivity (Wildman–Crippen MR) is 78.1 cm³/mol. The van der Waals surface area contributed by atoms with Crippen LogP contribution in [0.3, 0.4) is 0 Å². The molecule has 0 radical (unpaired) electrons. The maximum absolute atomic E-state index is 4.47. The molecule has 0 aliphatic carbocycles. The first kappa shape index (κ1) is 15.0. The van der Waals surface area contributed by atoms with Crippen LogP contribution in [0.15, 0.2) is 6.20 Å². The zero-order valence-corrected chi connectivity index (χ0v) is 12.5. The van der Waals surface area contributed by atoms with Crippen LogP contribution >= 0.6 is 0 Å². The van der Waals surface area contributed by atoms with E-state index in [4.69, 9.17) is 0 Å². The fourth-order valence-corrected chi connectivity index (χ4v) is 2.20. The van der Waals surface area contributed by atoms with E-state index in [-0.39, 0.29) is 0 Å². The lowest BCUT2D eigenvalue weighted by atomic mass is 10.2. The third-order valence-corrected chi connectivity index (χ3v) is 3.38. The first-order valence-electron chi connectivity index (χ1n) is 7.05. The highest BCUT2D eigenvalue weighted by Crippen LogP contribution is 2.10. The number of rotatable bonds is 8. The molecule has 18 heavy (non-hydrogen) atoms. The van der Waals surface area contributed by atoms with Crippen molar-refractivity contribution in [2.45, 2.75) is 46.6 Å². The van der Waals surface area contributed by atoms with Crippen molar-refractivity contribution in [1.29, 1.82) is 0 Å². The number of imidazole rings is 1. The standard InChI is InChI=1S/C14H28N4/c1-6-18(7-2)10-8-9-12(3)15-14-16-13(4)11-17(14)5/h11-12H,6-10H2,1-5H3,(H,15,16). The molecule has 4 nitrogen and oxygen atoms in total. The van der Waals surface area contributed by atoms with Crippen molar-refractivity contribution in [2.75, 3.05) is 25.0 Å². The third-order valence-electron chi connectivity index (χ3n) is 3.38. The van der Waals surface area contributed by atoms with Gasteiger partial charge in [0.1, 0.15) is 0 Å². The Morgan fingerprint density at radius 2 is 2.06 bits per heavy atom. The molecule has 0 spiro atoms. The van der Waals surface area contributed by atoms with Gasteiger partial charge < -0.3 is 14.8 Å². The van der Waals surface area contributed by atoms with Crippen LogP contribution in [0.1, 0.15) is 39.3 Å². The van der Waals surface area contributed by atoms with Gasteiger partial charge in [0.25, 0.3) is 0 Å². The van der Waals surface area contributed by atoms with Crippen LogP contribution in [0.5, 0.6) is 0 Å². The molecule has 4 heteroatoms. The highest BCUT2D eigenvalue weighted by Gasteiger charge is 2.07. The summed E-state index contributed by atoms with van der Waals surface area (Å²) in [6.07, 6.45) is 4.46. The van der Waals surface area contributed by atoms with Gasteiger partial charge in [-0.25, -0.2) is 4.98 Å². The van der Waals surface area contributed by atoms with Crippen molar-refractivity contribution in [3.63, 3.8) is 0 Å². The maximum Gasteiger partial charge on any atom is 0.202 e. The molecular weight excluding hydrogens is 224 g/mol. The Hall–Kier alpha value is -1.03. The monoisotopic (exact) mass is 252 g/mol. The lowest BCUT2D eigenvalue weighted by molar-refractivity contribution is 0.295. The van der Waals surface area contributed by atoms with Gasteiger partial charge in [-0.05, 0) is 46.3 Å². The smallest absolute Gasteiger partial charge is 0.202 e. The zero-order valence-electron chi connectivity index (χ0n) is 12.5. The quantitative estimate of drug-likeness (QED) is 0.772. The predicted octanol–water partition coefficient (Wildman–Crippen LogP) is 2.65. The SMILES string of the molecule is CCN(CC)CCCC(C)Nc1nc(C)cn1C. The molecule has 0 fully saturated rings. The van der Waals surface area contributed by atoms with E-state index in [9.17, 15) is 0 Å². The summed E-state index contributed by atoms with van der Waals surface area (Å²) in [7, 11) is 2.03. The molecular formula is C14H28N4. The fourth-order valence-electron chi connectivity index (χ4n) is 2.20. The van der Waals surface area contributed by atoms with Crippen LogP contribution in [0.2, 0.25) is 0 Å². The fraction of sp³-hybridized carbons (Fsp3) is 0.786. The topological polar surface area (TPSA) is 33.1 Å². The van der Waals surface area contributed by atoms with E-state index in [0.29, 0.717) is 6.04 Å². The van der Waals surface area contributed by atoms with Crippen LogP contribution in [0, 0.1) is 6.92 Å². The minimum atomic E-state index is 0.473. The summed E-state index contributed by atoms with van der Waals surface area (Å²) in [5, 5.41) is 3.47. The molecule has 1 unspecified atom stereocenters. The number of hydrogen-bond donors (Lipinski definition) is 1. The van der Waals surface area contributed by atoms with Crippen LogP contribution < -0.4 is 5.32 Å². The second kappa shape index (κ2) is 7.41. The molecule has 104 valence electrons. The van der Waals surface area contributed by atoms with E-state index in [2.05, 4.69) is 40.5 Å². The summed E-state index contributed by atoms with van der Waals surface area (Å²) < 4.78 is 2.05. The Balaban J connectivity index is 2.29. The van der Waals surface area contributed by atoms with Crippen LogP contribution in [-0.2, 0) is 7.05 Å². The summed E-state index contributed by atoms with van der Waals surface area (Å²) in [4.78, 5) is 6.94. The van der Waals surface area contributed by atoms with Gasteiger partial charge >= 0.3 is 0 Å². The number of hydrogen-bond acceptors (Lipinski definition) is 3. The first-order valence-corrected chi connectivity index (χ1v) is 7.05. The van der Waals surface area contributed by atoms with Crippen molar-refractivity contribution in [2.24, 2.45) is 7.05 Å². The number of nitrogens with one attached hydrogen (secondary N) is 1. The molecule has 1 aromatic rings. The van der Waals surface area contributed by atoms with Crippen molar-refractivity contribution in [3.8, 4) is 0 Å². The molecule has 1 aromatic heterocycles. The van der Waals surface area contributed by atoms with E-state index >= 15 is 0 Å². The van der Waals surface area contributed by atoms with Crippen LogP contribution in [0.4, 0.5) is 5.95 Å². The van der Waals surface area contributed by atoms with Crippen molar-refractivity contribution >= 4 is 5.95 Å². The largest absolute Gasteiger partial charge is 0.353 e. The average Bonchev–Trinajstić information content (AvgIpc) is 2.63. The van der Waals surface area contributed by atoms with Gasteiger partial charge in [-0.2, -0.15) is 0 Å². The molecule has 1 heterocycles. The molecule has 0 aliphatic rings. The summed E-state index contributed by atoms with van der Waals surface area (Å²) in [5.74, 6) is 0.975. The molecule has 1 atom stereocenters. The Kier molecular flexibility index (Phi) is 6.19. The number of aryl methyl sites for hydroxylation is 2. The molecule has 0 saturated heterocycles. The van der Waals surface area contributed by atoms with Gasteiger partial charge in [0, 0.05) is 19.3 Å². The molecule has 0 aliphatic heterocycles. The van der Waals surface area contributed by atoms with Gasteiger partial charge in [0.15, 0.2) is 0 Å². The molecule has 1 rings (SSSR count).